The number of carbonyl (C=O) groups excluding carboxylic acids is 1. The molecule has 4 aromatic rings. The molecule has 0 saturated carbocycles. The molecule has 1 N–H and O–H groups in total. The summed E-state index contributed by atoms with van der Waals surface area (Å²) < 4.78 is 0. The Hall–Kier alpha value is -3.22. The molecule has 1 fully saturated rings. The van der Waals surface area contributed by atoms with E-state index in [1.807, 2.05) is 60.0 Å². The van der Waals surface area contributed by atoms with Crippen LogP contribution in [0.3, 0.4) is 0 Å². The molecule has 5 nitrogen and oxygen atoms in total. The highest BCUT2D eigenvalue weighted by Crippen LogP contribution is 2.28. The van der Waals surface area contributed by atoms with Crippen LogP contribution in [0.25, 0.3) is 21.5 Å². The lowest BCUT2D eigenvalue weighted by atomic mass is 10.1. The Morgan fingerprint density at radius 3 is 2.48 bits per heavy atom. The number of likely N-dealkylation sites (N-methyl/N-ethyl adjacent to an activating group) is 1. The number of pyridine rings is 1. The van der Waals surface area contributed by atoms with Gasteiger partial charge in [0.25, 0.3) is 5.91 Å². The Morgan fingerprint density at radius 2 is 1.74 bits per heavy atom. The third kappa shape index (κ3) is 4.17. The van der Waals surface area contributed by atoms with E-state index in [1.54, 1.807) is 11.3 Å². The first-order chi connectivity index (χ1) is 15.2. The molecule has 31 heavy (non-hydrogen) atoms. The average Bonchev–Trinajstić information content (AvgIpc) is 3.34. The number of aromatic nitrogens is 1. The normalized spacial score (nSPS) is 14.7. The third-order valence-electron chi connectivity index (χ3n) is 5.73. The van der Waals surface area contributed by atoms with Crippen molar-refractivity contribution in [3.8, 4) is 10.6 Å². The van der Waals surface area contributed by atoms with Crippen LogP contribution < -0.4 is 10.2 Å². The molecule has 5 rings (SSSR count). The number of carbonyl (C=O) groups is 1. The first kappa shape index (κ1) is 19.7. The van der Waals surface area contributed by atoms with Crippen molar-refractivity contribution in [2.75, 3.05) is 43.4 Å². The highest BCUT2D eigenvalue weighted by molar-refractivity contribution is 7.13. The minimum absolute atomic E-state index is 0.122. The molecule has 0 radical (unpaired) electrons. The molecule has 0 aliphatic carbocycles. The van der Waals surface area contributed by atoms with Crippen molar-refractivity contribution in [3.05, 3.63) is 77.7 Å². The first-order valence-corrected chi connectivity index (χ1v) is 11.3. The molecular formula is C25H24N4OS. The van der Waals surface area contributed by atoms with E-state index in [4.69, 9.17) is 4.98 Å². The Morgan fingerprint density at radius 1 is 0.968 bits per heavy atom. The molecule has 0 atom stereocenters. The topological polar surface area (TPSA) is 48.5 Å². The van der Waals surface area contributed by atoms with Crippen LogP contribution in [0.2, 0.25) is 0 Å². The predicted molar refractivity (Wildman–Crippen MR) is 129 cm³/mol. The van der Waals surface area contributed by atoms with E-state index >= 15 is 0 Å². The maximum Gasteiger partial charge on any atom is 0.256 e. The van der Waals surface area contributed by atoms with Crippen LogP contribution in [0.15, 0.2) is 72.1 Å². The van der Waals surface area contributed by atoms with Gasteiger partial charge in [-0.05, 0) is 54.9 Å². The number of nitrogens with one attached hydrogen (secondary N) is 1. The number of para-hydroxylation sites is 1. The second kappa shape index (κ2) is 8.49. The second-order valence-electron chi connectivity index (χ2n) is 7.84. The van der Waals surface area contributed by atoms with Crippen LogP contribution in [0.1, 0.15) is 10.4 Å². The van der Waals surface area contributed by atoms with Gasteiger partial charge >= 0.3 is 0 Å². The van der Waals surface area contributed by atoms with Crippen LogP contribution in [0.4, 0.5) is 11.4 Å². The van der Waals surface area contributed by atoms with Gasteiger partial charge in [-0.2, -0.15) is 0 Å². The number of thiophene rings is 1. The van der Waals surface area contributed by atoms with E-state index in [2.05, 4.69) is 34.3 Å². The zero-order chi connectivity index (χ0) is 21.2. The van der Waals surface area contributed by atoms with Gasteiger partial charge in [0.05, 0.1) is 21.7 Å². The number of hydrogen-bond acceptors (Lipinski definition) is 5. The van der Waals surface area contributed by atoms with Gasteiger partial charge in [-0.3, -0.25) is 4.79 Å². The Bertz CT molecular complexity index is 1200. The summed E-state index contributed by atoms with van der Waals surface area (Å²) in [6.07, 6.45) is 0. The molecule has 0 bridgehead atoms. The number of fused-ring (bicyclic) bond motifs is 1. The number of benzene rings is 2. The fourth-order valence-electron chi connectivity index (χ4n) is 3.93. The largest absolute Gasteiger partial charge is 0.369 e. The lowest BCUT2D eigenvalue weighted by Gasteiger charge is -2.34. The number of rotatable bonds is 4. The number of nitrogens with zero attached hydrogens (tertiary/aromatic N) is 3. The fraction of sp³-hybridized carbons (Fsp3) is 0.200. The smallest absolute Gasteiger partial charge is 0.256 e. The number of anilines is 2. The molecule has 2 aromatic carbocycles. The van der Waals surface area contributed by atoms with E-state index in [9.17, 15) is 4.79 Å². The molecule has 0 spiro atoms. The lowest BCUT2D eigenvalue weighted by molar-refractivity contribution is 0.102. The summed E-state index contributed by atoms with van der Waals surface area (Å²) in [6, 6.07) is 21.8. The molecule has 1 aliphatic heterocycles. The van der Waals surface area contributed by atoms with Crippen molar-refractivity contribution in [3.63, 3.8) is 0 Å². The molecular weight excluding hydrogens is 404 g/mol. The van der Waals surface area contributed by atoms with Gasteiger partial charge in [-0.1, -0.05) is 24.3 Å². The quantitative estimate of drug-likeness (QED) is 0.499. The summed E-state index contributed by atoms with van der Waals surface area (Å²) in [7, 11) is 2.16. The molecule has 2 aromatic heterocycles. The van der Waals surface area contributed by atoms with Crippen LogP contribution in [0.5, 0.6) is 0 Å². The molecule has 0 unspecified atom stereocenters. The SMILES string of the molecule is CN1CCN(c2ccc(NC(=O)c3cc(-c4cccs4)nc4ccccc34)cc2)CC1. The van der Waals surface area contributed by atoms with Crippen molar-refractivity contribution in [2.45, 2.75) is 0 Å². The van der Waals surface area contributed by atoms with Crippen molar-refractivity contribution in [1.29, 1.82) is 0 Å². The van der Waals surface area contributed by atoms with Crippen molar-refractivity contribution in [1.82, 2.24) is 9.88 Å². The van der Waals surface area contributed by atoms with Crippen molar-refractivity contribution >= 4 is 39.5 Å². The molecule has 1 amide bonds. The maximum absolute atomic E-state index is 13.2. The van der Waals surface area contributed by atoms with Crippen LogP contribution in [-0.4, -0.2) is 49.0 Å². The molecule has 156 valence electrons. The zero-order valence-corrected chi connectivity index (χ0v) is 18.2. The molecule has 1 aliphatic rings. The third-order valence-corrected chi connectivity index (χ3v) is 6.62. The summed E-state index contributed by atoms with van der Waals surface area (Å²) in [4.78, 5) is 23.8. The predicted octanol–water partition coefficient (Wildman–Crippen LogP) is 4.97. The van der Waals surface area contributed by atoms with E-state index in [0.29, 0.717) is 5.56 Å². The van der Waals surface area contributed by atoms with Gasteiger partial charge in [-0.15, -0.1) is 11.3 Å². The van der Waals surface area contributed by atoms with E-state index < -0.39 is 0 Å². The molecule has 6 heteroatoms. The number of piperazine rings is 1. The standard InChI is InChI=1S/C25H24N4OS/c1-28-12-14-29(15-13-28)19-10-8-18(9-11-19)26-25(30)21-17-23(24-7-4-16-31-24)27-22-6-3-2-5-20(21)22/h2-11,16-17H,12-15H2,1H3,(H,26,30). The number of hydrogen-bond donors (Lipinski definition) is 1. The zero-order valence-electron chi connectivity index (χ0n) is 17.4. The van der Waals surface area contributed by atoms with E-state index in [0.717, 1.165) is 53.3 Å². The summed E-state index contributed by atoms with van der Waals surface area (Å²) >= 11 is 1.62. The van der Waals surface area contributed by atoms with Crippen LogP contribution in [0, 0.1) is 0 Å². The van der Waals surface area contributed by atoms with Crippen LogP contribution in [-0.2, 0) is 0 Å². The van der Waals surface area contributed by atoms with Crippen molar-refractivity contribution < 1.29 is 4.79 Å². The second-order valence-corrected chi connectivity index (χ2v) is 8.79. The monoisotopic (exact) mass is 428 g/mol. The summed E-state index contributed by atoms with van der Waals surface area (Å²) in [5, 5.41) is 5.95. The fourth-order valence-corrected chi connectivity index (χ4v) is 4.62. The lowest BCUT2D eigenvalue weighted by Crippen LogP contribution is -2.44. The Labute approximate surface area is 186 Å². The first-order valence-electron chi connectivity index (χ1n) is 10.5. The molecule has 1 saturated heterocycles. The Balaban J connectivity index is 1.40. The summed E-state index contributed by atoms with van der Waals surface area (Å²) in [5.41, 5.74) is 4.27. The highest BCUT2D eigenvalue weighted by Gasteiger charge is 2.16. The van der Waals surface area contributed by atoms with Crippen LogP contribution >= 0.6 is 11.3 Å². The van der Waals surface area contributed by atoms with Gasteiger partial charge in [0.15, 0.2) is 0 Å². The average molecular weight is 429 g/mol. The summed E-state index contributed by atoms with van der Waals surface area (Å²) in [6.45, 7) is 4.19. The minimum atomic E-state index is -0.122. The maximum atomic E-state index is 13.2. The van der Waals surface area contributed by atoms with Crippen molar-refractivity contribution in [2.24, 2.45) is 0 Å². The van der Waals surface area contributed by atoms with Gasteiger partial charge in [0.2, 0.25) is 0 Å². The van der Waals surface area contributed by atoms with Gasteiger partial charge in [0.1, 0.15) is 0 Å². The highest BCUT2D eigenvalue weighted by atomic mass is 32.1. The van der Waals surface area contributed by atoms with Gasteiger partial charge in [0, 0.05) is 42.9 Å². The number of amides is 1. The Kier molecular flexibility index (Phi) is 5.40. The minimum Gasteiger partial charge on any atom is -0.369 e. The summed E-state index contributed by atoms with van der Waals surface area (Å²) in [5.74, 6) is -0.122. The van der Waals surface area contributed by atoms with E-state index in [-0.39, 0.29) is 5.91 Å². The molecule has 3 heterocycles. The van der Waals surface area contributed by atoms with Gasteiger partial charge < -0.3 is 15.1 Å². The van der Waals surface area contributed by atoms with Gasteiger partial charge in [-0.25, -0.2) is 4.98 Å². The van der Waals surface area contributed by atoms with E-state index in [1.165, 1.54) is 5.69 Å².